The summed E-state index contributed by atoms with van der Waals surface area (Å²) in [6.07, 6.45) is 2.59. The molecule has 6 aromatic rings. The normalized spacial score (nSPS) is 10.4. The second-order valence-corrected chi connectivity index (χ2v) is 10.9. The number of nitrogens with one attached hydrogen (secondary N) is 1. The maximum atomic E-state index is 14.0. The van der Waals surface area contributed by atoms with E-state index < -0.39 is 21.5 Å². The fourth-order valence-electron chi connectivity index (χ4n) is 3.67. The molecule has 3 N–H and O–H groups in total. The molecule has 19 heteroatoms. The van der Waals surface area contributed by atoms with Crippen LogP contribution in [0.3, 0.4) is 0 Å². The molecule has 0 spiro atoms. The van der Waals surface area contributed by atoms with Gasteiger partial charge < -0.3 is 11.1 Å². The summed E-state index contributed by atoms with van der Waals surface area (Å²) in [7, 11) is 0. The number of nitro groups is 2. The van der Waals surface area contributed by atoms with Crippen LogP contribution >= 0.6 is 58.0 Å². The third-order valence-corrected chi connectivity index (χ3v) is 7.66. The molecule has 4 aromatic carbocycles. The zero-order valence-electron chi connectivity index (χ0n) is 23.0. The minimum absolute atomic E-state index is 0.00870. The first kappa shape index (κ1) is 35.1. The quantitative estimate of drug-likeness (QED) is 0.0581. The van der Waals surface area contributed by atoms with E-state index in [9.17, 15) is 29.0 Å². The van der Waals surface area contributed by atoms with Crippen molar-refractivity contribution in [3.63, 3.8) is 0 Å². The number of fused-ring (bicyclic) bond motifs is 2. The van der Waals surface area contributed by atoms with Crippen LogP contribution in [-0.4, -0.2) is 29.8 Å². The number of nitrogens with two attached hydrogens (primary N) is 1. The first-order valence-corrected chi connectivity index (χ1v) is 14.4. The largest absolute Gasteiger partial charge is 0.396 e. The number of aromatic nitrogens is 4. The van der Waals surface area contributed by atoms with Crippen molar-refractivity contribution >= 4 is 108 Å². The van der Waals surface area contributed by atoms with E-state index in [1.165, 1.54) is 55.1 Å². The first-order valence-electron chi connectivity index (χ1n) is 12.5. The van der Waals surface area contributed by atoms with Gasteiger partial charge in [-0.05, 0) is 36.4 Å². The summed E-state index contributed by atoms with van der Waals surface area (Å²) in [5.74, 6) is -0.956. The van der Waals surface area contributed by atoms with Crippen molar-refractivity contribution in [2.75, 3.05) is 11.1 Å². The van der Waals surface area contributed by atoms with Gasteiger partial charge in [-0.2, -0.15) is 0 Å². The number of anilines is 3. The summed E-state index contributed by atoms with van der Waals surface area (Å²) in [5, 5.41) is 25.9. The predicted octanol–water partition coefficient (Wildman–Crippen LogP) is 9.63. The van der Waals surface area contributed by atoms with Gasteiger partial charge in [0.15, 0.2) is 0 Å². The van der Waals surface area contributed by atoms with Crippen LogP contribution in [0.1, 0.15) is 0 Å². The van der Waals surface area contributed by atoms with E-state index in [0.717, 1.165) is 12.1 Å². The van der Waals surface area contributed by atoms with Gasteiger partial charge in [0.1, 0.15) is 35.3 Å². The Morgan fingerprint density at radius 2 is 1.13 bits per heavy atom. The van der Waals surface area contributed by atoms with Crippen LogP contribution < -0.4 is 11.1 Å². The van der Waals surface area contributed by atoms with E-state index in [-0.39, 0.29) is 53.8 Å². The van der Waals surface area contributed by atoms with E-state index in [4.69, 9.17) is 63.7 Å². The molecule has 0 aliphatic carbocycles. The SMILES string of the molecule is Nc1cc(Cl)c(Cl)cc1F.O=[N+]([O-])c1ccc2ncnc(Cl)c2c1.O=[N+]([O-])c1ccc2ncnc(Nc3cc(Cl)c(Cl)cc3F)c2c1. The van der Waals surface area contributed by atoms with Gasteiger partial charge in [0.25, 0.3) is 11.4 Å². The molecule has 2 aromatic heterocycles. The number of non-ortho nitro benzene ring substituents is 2. The maximum Gasteiger partial charge on any atom is 0.270 e. The van der Waals surface area contributed by atoms with Gasteiger partial charge in [0, 0.05) is 35.0 Å². The number of benzene rings is 4. The lowest BCUT2D eigenvalue weighted by Crippen LogP contribution is -1.99. The molecule has 0 saturated carbocycles. The number of nitrogen functional groups attached to an aromatic ring is 1. The summed E-state index contributed by atoms with van der Waals surface area (Å²) < 4.78 is 26.5. The lowest BCUT2D eigenvalue weighted by atomic mass is 10.2. The molecule has 0 radical (unpaired) electrons. The Kier molecular flexibility index (Phi) is 11.4. The molecule has 0 unspecified atom stereocenters. The van der Waals surface area contributed by atoms with Gasteiger partial charge >= 0.3 is 0 Å². The standard InChI is InChI=1S/C14H7Cl2FN4O2.C8H4ClN3O2.C6H4Cl2FN/c15-9-4-11(17)13(5-10(9)16)20-14-8-3-7(21(22)23)1-2-12(8)18-6-19-14;9-8-6-3-5(12(13)14)1-2-7(6)10-4-11-8;7-3-1-5(9)6(10)2-4(3)8/h1-6H,(H,18,19,20);1-4H;1-2H,10H2. The molecule has 0 atom stereocenters. The first-order chi connectivity index (χ1) is 22.2. The van der Waals surface area contributed by atoms with Crippen LogP contribution in [-0.2, 0) is 0 Å². The van der Waals surface area contributed by atoms with Crippen molar-refractivity contribution < 1.29 is 18.6 Å². The fourth-order valence-corrected chi connectivity index (χ4v) is 4.50. The lowest BCUT2D eigenvalue weighted by Gasteiger charge is -2.10. The van der Waals surface area contributed by atoms with Gasteiger partial charge in [-0.25, -0.2) is 28.7 Å². The average Bonchev–Trinajstić information content (AvgIpc) is 3.03. The van der Waals surface area contributed by atoms with Gasteiger partial charge in [-0.1, -0.05) is 58.0 Å². The number of rotatable bonds is 4. The third-order valence-electron chi connectivity index (χ3n) is 5.91. The molecule has 0 saturated heterocycles. The summed E-state index contributed by atoms with van der Waals surface area (Å²) >= 11 is 28.3. The molecule has 0 bridgehead atoms. The molecule has 240 valence electrons. The number of nitrogens with zero attached hydrogens (tertiary/aromatic N) is 6. The average molecular weight is 743 g/mol. The molecular weight excluding hydrogens is 728 g/mol. The molecule has 0 aliphatic heterocycles. The molecule has 2 heterocycles. The minimum atomic E-state index is -0.628. The molecule has 6 rings (SSSR count). The van der Waals surface area contributed by atoms with Crippen LogP contribution in [0.15, 0.2) is 73.3 Å². The summed E-state index contributed by atoms with van der Waals surface area (Å²) in [5.41, 5.74) is 6.16. The zero-order chi connectivity index (χ0) is 34.4. The highest BCUT2D eigenvalue weighted by Crippen LogP contribution is 2.32. The van der Waals surface area contributed by atoms with Gasteiger partial charge in [-0.15, -0.1) is 0 Å². The Bertz CT molecular complexity index is 2110. The summed E-state index contributed by atoms with van der Waals surface area (Å²) in [6.45, 7) is 0. The van der Waals surface area contributed by atoms with Crippen molar-refractivity contribution in [2.45, 2.75) is 0 Å². The molecule has 47 heavy (non-hydrogen) atoms. The zero-order valence-corrected chi connectivity index (χ0v) is 26.7. The fraction of sp³-hybridized carbons (Fsp3) is 0. The lowest BCUT2D eigenvalue weighted by molar-refractivity contribution is -0.384. The van der Waals surface area contributed by atoms with Crippen LogP contribution in [0.2, 0.25) is 25.2 Å². The second-order valence-electron chi connectivity index (χ2n) is 8.96. The van der Waals surface area contributed by atoms with Crippen molar-refractivity contribution in [3.8, 4) is 0 Å². The Labute approximate surface area is 287 Å². The third kappa shape index (κ3) is 8.75. The Morgan fingerprint density at radius 3 is 1.70 bits per heavy atom. The van der Waals surface area contributed by atoms with E-state index in [1.54, 1.807) is 6.07 Å². The van der Waals surface area contributed by atoms with Gasteiger partial charge in [0.05, 0.1) is 52.3 Å². The topological polar surface area (TPSA) is 176 Å². The van der Waals surface area contributed by atoms with E-state index >= 15 is 0 Å². The molecular formula is C28H15Cl5F2N8O4. The van der Waals surface area contributed by atoms with Crippen LogP contribution in [0, 0.1) is 31.9 Å². The molecule has 0 aliphatic rings. The minimum Gasteiger partial charge on any atom is -0.396 e. The van der Waals surface area contributed by atoms with Crippen molar-refractivity contribution in [1.29, 1.82) is 0 Å². The number of hydrogen-bond donors (Lipinski definition) is 2. The van der Waals surface area contributed by atoms with Crippen LogP contribution in [0.4, 0.5) is 37.3 Å². The molecule has 0 amide bonds. The van der Waals surface area contributed by atoms with Crippen LogP contribution in [0.5, 0.6) is 0 Å². The van der Waals surface area contributed by atoms with Gasteiger partial charge in [-0.3, -0.25) is 20.2 Å². The van der Waals surface area contributed by atoms with E-state index in [0.29, 0.717) is 21.8 Å². The van der Waals surface area contributed by atoms with Crippen molar-refractivity contribution in [2.24, 2.45) is 0 Å². The van der Waals surface area contributed by atoms with Crippen molar-refractivity contribution in [1.82, 2.24) is 19.9 Å². The highest BCUT2D eigenvalue weighted by molar-refractivity contribution is 6.42. The maximum absolute atomic E-state index is 14.0. The van der Waals surface area contributed by atoms with Crippen molar-refractivity contribution in [3.05, 3.63) is 130 Å². The van der Waals surface area contributed by atoms with E-state index in [1.807, 2.05) is 0 Å². The van der Waals surface area contributed by atoms with Crippen LogP contribution in [0.25, 0.3) is 21.8 Å². The number of nitro benzene ring substituents is 2. The number of halogens is 7. The van der Waals surface area contributed by atoms with E-state index in [2.05, 4.69) is 25.3 Å². The second kappa shape index (κ2) is 15.2. The highest BCUT2D eigenvalue weighted by Gasteiger charge is 2.14. The predicted molar refractivity (Wildman–Crippen MR) is 178 cm³/mol. The Balaban J connectivity index is 0.000000177. The summed E-state index contributed by atoms with van der Waals surface area (Å²) in [6, 6.07) is 13.2. The molecule has 12 nitrogen and oxygen atoms in total. The Hall–Kier alpha value is -4.73. The Morgan fingerprint density at radius 1 is 0.638 bits per heavy atom. The summed E-state index contributed by atoms with van der Waals surface area (Å²) in [4.78, 5) is 36.1. The highest BCUT2D eigenvalue weighted by atomic mass is 35.5. The monoisotopic (exact) mass is 740 g/mol. The smallest absolute Gasteiger partial charge is 0.270 e. The number of hydrogen-bond acceptors (Lipinski definition) is 10. The molecule has 0 fully saturated rings. The van der Waals surface area contributed by atoms with Gasteiger partial charge in [0.2, 0.25) is 0 Å².